The normalized spacial score (nSPS) is 11.8. The van der Waals surface area contributed by atoms with Crippen LogP contribution in [0.5, 0.6) is 5.75 Å². The lowest BCUT2D eigenvalue weighted by atomic mass is 9.85. The van der Waals surface area contributed by atoms with E-state index in [0.717, 1.165) is 16.7 Å². The average molecular weight is 265 g/mol. The maximum Gasteiger partial charge on any atom is 0.121 e. The lowest BCUT2D eigenvalue weighted by Gasteiger charge is -2.22. The van der Waals surface area contributed by atoms with Crippen molar-refractivity contribution in [2.75, 3.05) is 0 Å². The molecule has 1 aromatic heterocycles. The first-order chi connectivity index (χ1) is 8.29. The molecular weight excluding hydrogens is 248 g/mol. The predicted octanol–water partition coefficient (Wildman–Crippen LogP) is 3.74. The number of phenols is 1. The summed E-state index contributed by atoms with van der Waals surface area (Å²) in [6.07, 6.45) is 3.64. The van der Waals surface area contributed by atoms with E-state index in [2.05, 4.69) is 5.10 Å². The van der Waals surface area contributed by atoms with Gasteiger partial charge in [-0.2, -0.15) is 5.10 Å². The number of phenolic OH excluding ortho intramolecular Hbond substituents is 1. The number of rotatable bonds is 1. The molecule has 0 saturated carbocycles. The Bertz CT molecular complexity index is 559. The zero-order valence-electron chi connectivity index (χ0n) is 11.0. The molecule has 0 saturated heterocycles. The van der Waals surface area contributed by atoms with Gasteiger partial charge in [0.1, 0.15) is 5.75 Å². The second kappa shape index (κ2) is 4.32. The first kappa shape index (κ1) is 13.0. The van der Waals surface area contributed by atoms with Gasteiger partial charge >= 0.3 is 0 Å². The first-order valence-corrected chi connectivity index (χ1v) is 6.19. The third kappa shape index (κ3) is 2.36. The van der Waals surface area contributed by atoms with E-state index in [0.29, 0.717) is 5.02 Å². The van der Waals surface area contributed by atoms with Crippen LogP contribution >= 0.6 is 11.6 Å². The number of halogens is 1. The molecule has 0 aliphatic rings. The van der Waals surface area contributed by atoms with Crippen molar-refractivity contribution in [3.63, 3.8) is 0 Å². The van der Waals surface area contributed by atoms with Crippen molar-refractivity contribution in [3.05, 3.63) is 35.1 Å². The third-order valence-corrected chi connectivity index (χ3v) is 3.16. The monoisotopic (exact) mass is 264 g/mol. The van der Waals surface area contributed by atoms with E-state index in [1.54, 1.807) is 16.9 Å². The second-order valence-corrected chi connectivity index (χ2v) is 5.91. The number of aromatic nitrogens is 2. The zero-order valence-corrected chi connectivity index (χ0v) is 11.8. The molecule has 0 radical (unpaired) electrons. The standard InChI is InChI=1S/C14H17ClN2O/c1-14(2,3)13-11(15)5-9(6-12(13)18)10-7-16-17(4)8-10/h5-8,18H,1-4H3. The molecule has 1 heterocycles. The SMILES string of the molecule is Cn1cc(-c2cc(O)c(C(C)(C)C)c(Cl)c2)cn1. The summed E-state index contributed by atoms with van der Waals surface area (Å²) in [5, 5.41) is 14.9. The minimum atomic E-state index is -0.186. The summed E-state index contributed by atoms with van der Waals surface area (Å²) in [6, 6.07) is 3.61. The molecule has 0 aliphatic heterocycles. The highest BCUT2D eigenvalue weighted by molar-refractivity contribution is 6.32. The number of hydrogen-bond donors (Lipinski definition) is 1. The number of hydrogen-bond acceptors (Lipinski definition) is 2. The molecule has 0 atom stereocenters. The third-order valence-electron chi connectivity index (χ3n) is 2.86. The van der Waals surface area contributed by atoms with Crippen LogP contribution in [0.3, 0.4) is 0 Å². The maximum absolute atomic E-state index is 10.2. The lowest BCUT2D eigenvalue weighted by molar-refractivity contribution is 0.447. The van der Waals surface area contributed by atoms with Crippen LogP contribution in [0.2, 0.25) is 5.02 Å². The van der Waals surface area contributed by atoms with Gasteiger partial charge in [-0.15, -0.1) is 0 Å². The van der Waals surface area contributed by atoms with Crippen LogP contribution in [0.4, 0.5) is 0 Å². The van der Waals surface area contributed by atoms with Crippen LogP contribution in [0.1, 0.15) is 26.3 Å². The fourth-order valence-corrected chi connectivity index (χ4v) is 2.57. The van der Waals surface area contributed by atoms with E-state index in [1.807, 2.05) is 40.1 Å². The largest absolute Gasteiger partial charge is 0.508 e. The summed E-state index contributed by atoms with van der Waals surface area (Å²) >= 11 is 6.29. The van der Waals surface area contributed by atoms with Gasteiger partial charge in [-0.05, 0) is 23.1 Å². The molecule has 0 unspecified atom stereocenters. The topological polar surface area (TPSA) is 38.0 Å². The van der Waals surface area contributed by atoms with Crippen LogP contribution in [0.25, 0.3) is 11.1 Å². The second-order valence-electron chi connectivity index (χ2n) is 5.50. The van der Waals surface area contributed by atoms with E-state index >= 15 is 0 Å². The van der Waals surface area contributed by atoms with Crippen molar-refractivity contribution in [1.29, 1.82) is 0 Å². The Labute approximate surface area is 112 Å². The molecule has 3 nitrogen and oxygen atoms in total. The molecule has 0 spiro atoms. The average Bonchev–Trinajstić information content (AvgIpc) is 2.61. The highest BCUT2D eigenvalue weighted by atomic mass is 35.5. The van der Waals surface area contributed by atoms with Gasteiger partial charge in [-0.25, -0.2) is 0 Å². The highest BCUT2D eigenvalue weighted by Gasteiger charge is 2.22. The highest BCUT2D eigenvalue weighted by Crippen LogP contribution is 2.39. The van der Waals surface area contributed by atoms with E-state index in [1.165, 1.54) is 0 Å². The summed E-state index contributed by atoms with van der Waals surface area (Å²) in [5.41, 5.74) is 2.40. The van der Waals surface area contributed by atoms with Crippen molar-refractivity contribution in [2.45, 2.75) is 26.2 Å². The van der Waals surface area contributed by atoms with Gasteiger partial charge in [0.05, 0.1) is 6.20 Å². The summed E-state index contributed by atoms with van der Waals surface area (Å²) in [4.78, 5) is 0. The van der Waals surface area contributed by atoms with E-state index in [4.69, 9.17) is 11.6 Å². The summed E-state index contributed by atoms with van der Waals surface area (Å²) in [6.45, 7) is 6.08. The van der Waals surface area contributed by atoms with Crippen LogP contribution in [0.15, 0.2) is 24.5 Å². The quantitative estimate of drug-likeness (QED) is 0.852. The Morgan fingerprint density at radius 1 is 1.22 bits per heavy atom. The van der Waals surface area contributed by atoms with Crippen LogP contribution < -0.4 is 0 Å². The Kier molecular flexibility index (Phi) is 3.11. The molecule has 0 bridgehead atoms. The number of aryl methyl sites for hydroxylation is 1. The van der Waals surface area contributed by atoms with Gasteiger partial charge in [0.25, 0.3) is 0 Å². The van der Waals surface area contributed by atoms with E-state index in [-0.39, 0.29) is 11.2 Å². The fourth-order valence-electron chi connectivity index (χ4n) is 2.07. The molecule has 0 aliphatic carbocycles. The van der Waals surface area contributed by atoms with E-state index in [9.17, 15) is 5.11 Å². The molecule has 0 amide bonds. The Balaban J connectivity index is 2.56. The van der Waals surface area contributed by atoms with Crippen LogP contribution in [-0.2, 0) is 12.5 Å². The minimum Gasteiger partial charge on any atom is -0.508 e. The first-order valence-electron chi connectivity index (χ1n) is 5.81. The van der Waals surface area contributed by atoms with Crippen molar-refractivity contribution in [2.24, 2.45) is 7.05 Å². The van der Waals surface area contributed by atoms with Crippen molar-refractivity contribution in [3.8, 4) is 16.9 Å². The van der Waals surface area contributed by atoms with Crippen molar-refractivity contribution in [1.82, 2.24) is 9.78 Å². The van der Waals surface area contributed by atoms with Gasteiger partial charge in [0, 0.05) is 29.4 Å². The van der Waals surface area contributed by atoms with Crippen molar-refractivity contribution >= 4 is 11.6 Å². The Morgan fingerprint density at radius 3 is 2.33 bits per heavy atom. The Morgan fingerprint density at radius 2 is 1.89 bits per heavy atom. The number of benzene rings is 1. The molecule has 96 valence electrons. The molecule has 0 fully saturated rings. The van der Waals surface area contributed by atoms with Gasteiger partial charge in [-0.1, -0.05) is 32.4 Å². The molecule has 4 heteroatoms. The van der Waals surface area contributed by atoms with Gasteiger partial charge < -0.3 is 5.11 Å². The molecule has 2 rings (SSSR count). The van der Waals surface area contributed by atoms with Gasteiger partial charge in [-0.3, -0.25) is 4.68 Å². The van der Waals surface area contributed by atoms with E-state index < -0.39 is 0 Å². The molecular formula is C14H17ClN2O. The molecule has 2 aromatic rings. The van der Waals surface area contributed by atoms with Gasteiger partial charge in [0.2, 0.25) is 0 Å². The van der Waals surface area contributed by atoms with Crippen LogP contribution in [0, 0.1) is 0 Å². The summed E-state index contributed by atoms with van der Waals surface area (Å²) < 4.78 is 1.72. The molecule has 1 aromatic carbocycles. The predicted molar refractivity (Wildman–Crippen MR) is 74.0 cm³/mol. The molecule has 1 N–H and O–H groups in total. The fraction of sp³-hybridized carbons (Fsp3) is 0.357. The van der Waals surface area contributed by atoms with Crippen molar-refractivity contribution < 1.29 is 5.11 Å². The summed E-state index contributed by atoms with van der Waals surface area (Å²) in [5.74, 6) is 0.230. The van der Waals surface area contributed by atoms with Gasteiger partial charge in [0.15, 0.2) is 0 Å². The Hall–Kier alpha value is -1.48. The minimum absolute atomic E-state index is 0.186. The lowest BCUT2D eigenvalue weighted by Crippen LogP contribution is -2.12. The zero-order chi connectivity index (χ0) is 13.5. The number of aromatic hydroxyl groups is 1. The maximum atomic E-state index is 10.2. The number of nitrogens with zero attached hydrogens (tertiary/aromatic N) is 2. The van der Waals surface area contributed by atoms with Crippen LogP contribution in [-0.4, -0.2) is 14.9 Å². The smallest absolute Gasteiger partial charge is 0.121 e. The molecule has 18 heavy (non-hydrogen) atoms. The summed E-state index contributed by atoms with van der Waals surface area (Å²) in [7, 11) is 1.86.